The average molecular weight is 540 g/mol. The number of rotatable bonds is 10. The normalized spacial score (nSPS) is 10.6. The molecule has 2 aromatic carbocycles. The Hall–Kier alpha value is -2.49. The Kier molecular flexibility index (Phi) is 12.4. The van der Waals surface area contributed by atoms with Crippen molar-refractivity contribution in [2.45, 2.75) is 39.8 Å². The van der Waals surface area contributed by atoms with Crippen molar-refractivity contribution in [2.24, 2.45) is 4.99 Å². The number of halogens is 1. The van der Waals surface area contributed by atoms with Gasteiger partial charge in [0, 0.05) is 36.8 Å². The van der Waals surface area contributed by atoms with Crippen LogP contribution in [0, 0.1) is 0 Å². The second kappa shape index (κ2) is 14.5. The summed E-state index contributed by atoms with van der Waals surface area (Å²) >= 11 is 0. The van der Waals surface area contributed by atoms with Gasteiger partial charge in [-0.1, -0.05) is 19.1 Å². The molecule has 0 unspecified atom stereocenters. The van der Waals surface area contributed by atoms with Gasteiger partial charge < -0.3 is 25.4 Å². The third kappa shape index (κ3) is 9.04. The van der Waals surface area contributed by atoms with E-state index in [4.69, 9.17) is 9.47 Å². The highest BCUT2D eigenvalue weighted by Crippen LogP contribution is 2.24. The molecule has 0 saturated heterocycles. The largest absolute Gasteiger partial charge is 0.497 e. The van der Waals surface area contributed by atoms with Gasteiger partial charge >= 0.3 is 0 Å². The van der Waals surface area contributed by atoms with Crippen LogP contribution in [0.3, 0.4) is 0 Å². The molecule has 0 radical (unpaired) electrons. The fourth-order valence-corrected chi connectivity index (χ4v) is 2.89. The van der Waals surface area contributed by atoms with E-state index in [0.717, 1.165) is 41.3 Å². The minimum atomic E-state index is 0. The van der Waals surface area contributed by atoms with Crippen LogP contribution in [0.4, 0.5) is 5.69 Å². The topological polar surface area (TPSA) is 84.0 Å². The summed E-state index contributed by atoms with van der Waals surface area (Å²) in [6.07, 6.45) is 1.35. The van der Waals surface area contributed by atoms with E-state index >= 15 is 0 Å². The summed E-state index contributed by atoms with van der Waals surface area (Å²) in [5, 5.41) is 9.50. The van der Waals surface area contributed by atoms with E-state index in [2.05, 4.69) is 20.9 Å². The number of hydrogen-bond acceptors (Lipinski definition) is 4. The number of ether oxygens (including phenoxy) is 2. The molecule has 0 aliphatic rings. The first kappa shape index (κ1) is 26.5. The number of hydrogen-bond donors (Lipinski definition) is 3. The van der Waals surface area contributed by atoms with Gasteiger partial charge in [-0.05, 0) is 43.2 Å². The van der Waals surface area contributed by atoms with Crippen LogP contribution < -0.4 is 25.4 Å². The van der Waals surface area contributed by atoms with Crippen LogP contribution in [0.1, 0.15) is 37.8 Å². The maximum absolute atomic E-state index is 11.8. The van der Waals surface area contributed by atoms with Crippen LogP contribution in [0.25, 0.3) is 0 Å². The highest BCUT2D eigenvalue weighted by Gasteiger charge is 2.07. The van der Waals surface area contributed by atoms with Crippen LogP contribution in [0.5, 0.6) is 11.5 Å². The molecule has 3 N–H and O–H groups in total. The van der Waals surface area contributed by atoms with Crippen LogP contribution in [0.15, 0.2) is 47.5 Å². The molecule has 0 aromatic heterocycles. The van der Waals surface area contributed by atoms with Gasteiger partial charge in [0.05, 0.1) is 20.8 Å². The lowest BCUT2D eigenvalue weighted by molar-refractivity contribution is -0.116. The summed E-state index contributed by atoms with van der Waals surface area (Å²) in [7, 11) is 3.27. The van der Waals surface area contributed by atoms with E-state index < -0.39 is 0 Å². The molecule has 0 aliphatic heterocycles. The van der Waals surface area contributed by atoms with Crippen LogP contribution in [-0.4, -0.2) is 32.6 Å². The third-order valence-corrected chi connectivity index (χ3v) is 4.39. The first-order valence-electron chi connectivity index (χ1n) is 10.2. The van der Waals surface area contributed by atoms with Gasteiger partial charge in [0.2, 0.25) is 5.91 Å². The minimum Gasteiger partial charge on any atom is -0.497 e. The van der Waals surface area contributed by atoms with E-state index in [1.54, 1.807) is 14.2 Å². The highest BCUT2D eigenvalue weighted by molar-refractivity contribution is 14.0. The molecule has 2 rings (SSSR count). The van der Waals surface area contributed by atoms with Crippen LogP contribution in [-0.2, 0) is 17.9 Å². The molecule has 1 amide bonds. The van der Waals surface area contributed by atoms with Gasteiger partial charge in [-0.25, -0.2) is 4.99 Å². The molecular formula is C23H33IN4O3. The minimum absolute atomic E-state index is 0. The zero-order valence-corrected chi connectivity index (χ0v) is 21.0. The molecule has 170 valence electrons. The Balaban J connectivity index is 0.00000480. The smallest absolute Gasteiger partial charge is 0.224 e. The summed E-state index contributed by atoms with van der Waals surface area (Å²) in [5.74, 6) is 2.24. The van der Waals surface area contributed by atoms with Crippen LogP contribution >= 0.6 is 24.0 Å². The number of amides is 1. The Morgan fingerprint density at radius 1 is 1.03 bits per heavy atom. The van der Waals surface area contributed by atoms with E-state index in [1.165, 1.54) is 0 Å². The molecule has 0 fully saturated rings. The van der Waals surface area contributed by atoms with Crippen molar-refractivity contribution in [2.75, 3.05) is 26.1 Å². The lowest BCUT2D eigenvalue weighted by Gasteiger charge is -2.14. The van der Waals surface area contributed by atoms with E-state index in [1.807, 2.05) is 56.3 Å². The van der Waals surface area contributed by atoms with E-state index in [0.29, 0.717) is 25.5 Å². The number of aliphatic imine (C=N–C) groups is 1. The summed E-state index contributed by atoms with van der Waals surface area (Å²) in [6, 6.07) is 13.5. The number of nitrogens with zero attached hydrogens (tertiary/aromatic N) is 1. The first-order chi connectivity index (χ1) is 14.6. The Morgan fingerprint density at radius 3 is 2.52 bits per heavy atom. The molecule has 31 heavy (non-hydrogen) atoms. The van der Waals surface area contributed by atoms with Gasteiger partial charge in [-0.15, -0.1) is 24.0 Å². The van der Waals surface area contributed by atoms with Crippen molar-refractivity contribution in [1.29, 1.82) is 0 Å². The van der Waals surface area contributed by atoms with E-state index in [-0.39, 0.29) is 29.9 Å². The maximum Gasteiger partial charge on any atom is 0.224 e. The van der Waals surface area contributed by atoms with Crippen LogP contribution in [0.2, 0.25) is 0 Å². The zero-order chi connectivity index (χ0) is 21.8. The van der Waals surface area contributed by atoms with Gasteiger partial charge in [0.15, 0.2) is 5.96 Å². The molecule has 0 spiro atoms. The lowest BCUT2D eigenvalue weighted by Crippen LogP contribution is -2.36. The highest BCUT2D eigenvalue weighted by atomic mass is 127. The zero-order valence-electron chi connectivity index (χ0n) is 18.7. The molecule has 7 nitrogen and oxygen atoms in total. The molecule has 0 heterocycles. The number of nitrogens with one attached hydrogen (secondary N) is 3. The summed E-state index contributed by atoms with van der Waals surface area (Å²) in [6.45, 7) is 5.81. The molecule has 8 heteroatoms. The van der Waals surface area contributed by atoms with Crippen molar-refractivity contribution in [1.82, 2.24) is 10.6 Å². The Labute approximate surface area is 202 Å². The molecule has 0 bridgehead atoms. The second-order valence-electron chi connectivity index (χ2n) is 6.73. The third-order valence-electron chi connectivity index (χ3n) is 4.39. The summed E-state index contributed by atoms with van der Waals surface area (Å²) in [5.41, 5.74) is 2.81. The quantitative estimate of drug-likeness (QED) is 0.238. The van der Waals surface area contributed by atoms with Gasteiger partial charge in [-0.2, -0.15) is 0 Å². The van der Waals surface area contributed by atoms with Gasteiger partial charge in [0.25, 0.3) is 0 Å². The fraction of sp³-hybridized carbons (Fsp3) is 0.391. The number of benzene rings is 2. The first-order valence-corrected chi connectivity index (χ1v) is 10.2. The molecule has 0 atom stereocenters. The van der Waals surface area contributed by atoms with Crippen molar-refractivity contribution in [3.8, 4) is 11.5 Å². The summed E-state index contributed by atoms with van der Waals surface area (Å²) in [4.78, 5) is 16.5. The SMILES string of the molecule is CCCC(=O)Nc1cccc(CN=C(NCC)NCc2ccc(OC)cc2OC)c1.I. The number of carbonyl (C=O) groups is 1. The standard InChI is InChI=1S/C23H32N4O3.HI/c1-5-8-22(28)27-19-10-7-9-17(13-19)15-25-23(24-6-2)26-16-18-11-12-20(29-3)14-21(18)30-4;/h7,9-14H,5-6,8,15-16H2,1-4H3,(H,27,28)(H2,24,25,26);1H. The van der Waals surface area contributed by atoms with Crippen molar-refractivity contribution >= 4 is 41.5 Å². The number of anilines is 1. The fourth-order valence-electron chi connectivity index (χ4n) is 2.89. The summed E-state index contributed by atoms with van der Waals surface area (Å²) < 4.78 is 10.7. The number of methoxy groups -OCH3 is 2. The van der Waals surface area contributed by atoms with Gasteiger partial charge in [-0.3, -0.25) is 4.79 Å². The second-order valence-corrected chi connectivity index (χ2v) is 6.73. The van der Waals surface area contributed by atoms with Crippen molar-refractivity contribution in [3.63, 3.8) is 0 Å². The molecule has 0 aliphatic carbocycles. The van der Waals surface area contributed by atoms with Crippen molar-refractivity contribution < 1.29 is 14.3 Å². The van der Waals surface area contributed by atoms with E-state index in [9.17, 15) is 4.79 Å². The maximum atomic E-state index is 11.8. The predicted octanol–water partition coefficient (Wildman–Crippen LogP) is 4.32. The molecule has 2 aromatic rings. The van der Waals surface area contributed by atoms with Gasteiger partial charge in [0.1, 0.15) is 11.5 Å². The number of guanidine groups is 1. The Morgan fingerprint density at radius 2 is 1.84 bits per heavy atom. The number of carbonyl (C=O) groups excluding carboxylic acids is 1. The lowest BCUT2D eigenvalue weighted by atomic mass is 10.2. The molecule has 0 saturated carbocycles. The van der Waals surface area contributed by atoms with Crippen molar-refractivity contribution in [3.05, 3.63) is 53.6 Å². The average Bonchev–Trinajstić information content (AvgIpc) is 2.76. The molecular weight excluding hydrogens is 507 g/mol. The predicted molar refractivity (Wildman–Crippen MR) is 137 cm³/mol. The monoisotopic (exact) mass is 540 g/mol. The Bertz CT molecular complexity index is 858.